The summed E-state index contributed by atoms with van der Waals surface area (Å²) in [5, 5.41) is 5.43. The van der Waals surface area contributed by atoms with Crippen molar-refractivity contribution in [3.63, 3.8) is 0 Å². The number of carbonyl (C=O) groups is 2. The van der Waals surface area contributed by atoms with Crippen LogP contribution in [-0.2, 0) is 4.79 Å². The van der Waals surface area contributed by atoms with E-state index in [0.717, 1.165) is 4.88 Å². The van der Waals surface area contributed by atoms with Crippen LogP contribution in [0.5, 0.6) is 0 Å². The molecule has 2 amide bonds. The molecule has 0 bridgehead atoms. The van der Waals surface area contributed by atoms with Crippen LogP contribution in [0.2, 0.25) is 0 Å². The molecule has 6 nitrogen and oxygen atoms in total. The Labute approximate surface area is 199 Å². The maximum absolute atomic E-state index is 14.2. The Bertz CT molecular complexity index is 1350. The van der Waals surface area contributed by atoms with Gasteiger partial charge in [-0.25, -0.2) is 4.39 Å². The largest absolute Gasteiger partial charge is 0.449 e. The zero-order valence-corrected chi connectivity index (χ0v) is 19.1. The lowest BCUT2D eigenvalue weighted by Gasteiger charge is -2.35. The van der Waals surface area contributed by atoms with Gasteiger partial charge in [0, 0.05) is 42.5 Å². The number of hydrogen-bond acceptors (Lipinski definition) is 5. The van der Waals surface area contributed by atoms with Crippen molar-refractivity contribution in [1.29, 1.82) is 0 Å². The summed E-state index contributed by atoms with van der Waals surface area (Å²) in [5.74, 6) is -0.834. The molecule has 1 saturated heterocycles. The Balaban J connectivity index is 1.35. The highest BCUT2D eigenvalue weighted by molar-refractivity contribution is 7.10. The van der Waals surface area contributed by atoms with E-state index in [4.69, 9.17) is 4.42 Å². The quantitative estimate of drug-likeness (QED) is 0.401. The number of hydrogen-bond donors (Lipinski definition) is 1. The summed E-state index contributed by atoms with van der Waals surface area (Å²) in [7, 11) is 0. The summed E-state index contributed by atoms with van der Waals surface area (Å²) in [4.78, 5) is 30.6. The number of nitrogens with one attached hydrogen (secondary N) is 1. The van der Waals surface area contributed by atoms with E-state index in [-0.39, 0.29) is 23.4 Å². The Kier molecular flexibility index (Phi) is 6.14. The maximum atomic E-state index is 14.2. The number of furan rings is 1. The fourth-order valence-corrected chi connectivity index (χ4v) is 4.65. The summed E-state index contributed by atoms with van der Waals surface area (Å²) in [6.45, 7) is 1.82. The molecule has 0 saturated carbocycles. The monoisotopic (exact) mass is 475 g/mol. The molecule has 8 heteroatoms. The fourth-order valence-electron chi connectivity index (χ4n) is 4.03. The molecule has 0 spiro atoms. The van der Waals surface area contributed by atoms with Crippen LogP contribution in [-0.4, -0.2) is 42.9 Å². The van der Waals surface area contributed by atoms with E-state index in [2.05, 4.69) is 5.32 Å². The second-order valence-corrected chi connectivity index (χ2v) is 8.85. The molecule has 1 aliphatic rings. The topological polar surface area (TPSA) is 65.8 Å². The van der Waals surface area contributed by atoms with Crippen molar-refractivity contribution in [2.24, 2.45) is 0 Å². The summed E-state index contributed by atoms with van der Waals surface area (Å²) >= 11 is 1.53. The molecule has 4 aromatic rings. The molecule has 0 unspecified atom stereocenters. The SMILES string of the molecule is O=C(C=Cc1cccs1)Nc1c(C(=O)N2CCN(c3ccccc3F)CC2)oc2ccccc12. The molecule has 1 aliphatic heterocycles. The molecular weight excluding hydrogens is 453 g/mol. The van der Waals surface area contributed by atoms with E-state index >= 15 is 0 Å². The molecule has 34 heavy (non-hydrogen) atoms. The standard InChI is InChI=1S/C26H22FN3O3S/c27-20-8-2-3-9-21(20)29-13-15-30(16-14-29)26(32)25-24(19-7-1-4-10-22(19)33-25)28-23(31)12-11-18-6-5-17-34-18/h1-12,17H,13-16H2,(H,28,31). The van der Waals surface area contributed by atoms with Crippen LogP contribution in [0.1, 0.15) is 15.4 Å². The van der Waals surface area contributed by atoms with Crippen LogP contribution in [0, 0.1) is 5.82 Å². The third-order valence-corrected chi connectivity index (χ3v) is 6.58. The minimum Gasteiger partial charge on any atom is -0.449 e. The number of amides is 2. The Morgan fingerprint density at radius 1 is 0.971 bits per heavy atom. The summed E-state index contributed by atoms with van der Waals surface area (Å²) < 4.78 is 20.1. The molecular formula is C26H22FN3O3S. The number of thiophene rings is 1. The highest BCUT2D eigenvalue weighted by atomic mass is 32.1. The molecule has 5 rings (SSSR count). The second kappa shape index (κ2) is 9.52. The minimum absolute atomic E-state index is 0.0958. The number of para-hydroxylation sites is 2. The average Bonchev–Trinajstić information content (AvgIpc) is 3.51. The van der Waals surface area contributed by atoms with Gasteiger partial charge in [0.15, 0.2) is 0 Å². The smallest absolute Gasteiger partial charge is 0.291 e. The van der Waals surface area contributed by atoms with Crippen molar-refractivity contribution >= 4 is 51.6 Å². The number of rotatable bonds is 5. The highest BCUT2D eigenvalue weighted by Crippen LogP contribution is 2.32. The number of benzene rings is 2. The van der Waals surface area contributed by atoms with Gasteiger partial charge in [-0.3, -0.25) is 9.59 Å². The Morgan fingerprint density at radius 2 is 1.74 bits per heavy atom. The molecule has 0 aliphatic carbocycles. The third kappa shape index (κ3) is 4.45. The van der Waals surface area contributed by atoms with Gasteiger partial charge in [0.05, 0.1) is 5.69 Å². The van der Waals surface area contributed by atoms with Gasteiger partial charge >= 0.3 is 0 Å². The normalized spacial score (nSPS) is 14.1. The van der Waals surface area contributed by atoms with Gasteiger partial charge in [-0.15, -0.1) is 11.3 Å². The molecule has 1 fully saturated rings. The predicted octanol–water partition coefficient (Wildman–Crippen LogP) is 5.25. The van der Waals surface area contributed by atoms with Crippen LogP contribution in [0.4, 0.5) is 15.8 Å². The lowest BCUT2D eigenvalue weighted by molar-refractivity contribution is -0.111. The summed E-state index contributed by atoms with van der Waals surface area (Å²) in [6.07, 6.45) is 3.17. The maximum Gasteiger partial charge on any atom is 0.291 e. The molecule has 1 N–H and O–H groups in total. The van der Waals surface area contributed by atoms with Gasteiger partial charge in [-0.05, 0) is 41.8 Å². The van der Waals surface area contributed by atoms with E-state index < -0.39 is 0 Å². The van der Waals surface area contributed by atoms with E-state index in [9.17, 15) is 14.0 Å². The average molecular weight is 476 g/mol. The van der Waals surface area contributed by atoms with Crippen LogP contribution in [0.3, 0.4) is 0 Å². The predicted molar refractivity (Wildman–Crippen MR) is 133 cm³/mol. The van der Waals surface area contributed by atoms with Crippen molar-refractivity contribution < 1.29 is 18.4 Å². The lowest BCUT2D eigenvalue weighted by atomic mass is 10.2. The van der Waals surface area contributed by atoms with E-state index in [1.165, 1.54) is 23.5 Å². The first-order valence-electron chi connectivity index (χ1n) is 10.9. The van der Waals surface area contributed by atoms with Crippen molar-refractivity contribution in [2.45, 2.75) is 0 Å². The van der Waals surface area contributed by atoms with Gasteiger partial charge in [0.25, 0.3) is 5.91 Å². The third-order valence-electron chi connectivity index (χ3n) is 5.74. The first kappa shape index (κ1) is 21.9. The summed E-state index contributed by atoms with van der Waals surface area (Å²) in [6, 6.07) is 17.7. The molecule has 0 radical (unpaired) electrons. The minimum atomic E-state index is -0.349. The summed E-state index contributed by atoms with van der Waals surface area (Å²) in [5.41, 5.74) is 1.41. The zero-order valence-electron chi connectivity index (χ0n) is 18.2. The molecule has 172 valence electrons. The van der Waals surface area contributed by atoms with Crippen molar-refractivity contribution in [2.75, 3.05) is 36.4 Å². The molecule has 3 heterocycles. The Hall–Kier alpha value is -3.91. The van der Waals surface area contributed by atoms with E-state index in [0.29, 0.717) is 48.5 Å². The van der Waals surface area contributed by atoms with Gasteiger partial charge in [0.1, 0.15) is 17.1 Å². The van der Waals surface area contributed by atoms with Crippen LogP contribution < -0.4 is 10.2 Å². The van der Waals surface area contributed by atoms with Crippen LogP contribution in [0.15, 0.2) is 76.5 Å². The Morgan fingerprint density at radius 3 is 2.50 bits per heavy atom. The zero-order chi connectivity index (χ0) is 23.5. The number of piperazine rings is 1. The van der Waals surface area contributed by atoms with Crippen molar-refractivity contribution in [3.8, 4) is 0 Å². The van der Waals surface area contributed by atoms with Gasteiger partial charge in [0.2, 0.25) is 11.7 Å². The number of carbonyl (C=O) groups excluding carboxylic acids is 2. The van der Waals surface area contributed by atoms with E-state index in [1.807, 2.05) is 40.6 Å². The lowest BCUT2D eigenvalue weighted by Crippen LogP contribution is -2.49. The number of anilines is 2. The van der Waals surface area contributed by atoms with Gasteiger partial charge < -0.3 is 19.5 Å². The van der Waals surface area contributed by atoms with Crippen LogP contribution >= 0.6 is 11.3 Å². The van der Waals surface area contributed by atoms with Crippen molar-refractivity contribution in [1.82, 2.24) is 4.90 Å². The van der Waals surface area contributed by atoms with E-state index in [1.54, 1.807) is 35.2 Å². The van der Waals surface area contributed by atoms with Gasteiger partial charge in [-0.1, -0.05) is 30.3 Å². The molecule has 0 atom stereocenters. The van der Waals surface area contributed by atoms with Gasteiger partial charge in [-0.2, -0.15) is 0 Å². The molecule has 2 aromatic heterocycles. The number of halogens is 1. The first-order valence-corrected chi connectivity index (χ1v) is 11.8. The second-order valence-electron chi connectivity index (χ2n) is 7.87. The number of fused-ring (bicyclic) bond motifs is 1. The first-order chi connectivity index (χ1) is 16.6. The highest BCUT2D eigenvalue weighted by Gasteiger charge is 2.29. The van der Waals surface area contributed by atoms with Crippen molar-refractivity contribution in [3.05, 3.63) is 88.6 Å². The molecule has 2 aromatic carbocycles. The fraction of sp³-hybridized carbons (Fsp3) is 0.154. The van der Waals surface area contributed by atoms with Crippen LogP contribution in [0.25, 0.3) is 17.0 Å². The number of nitrogens with zero attached hydrogens (tertiary/aromatic N) is 2.